The molecule has 0 saturated heterocycles. The Morgan fingerprint density at radius 2 is 2.25 bits per heavy atom. The zero-order valence-corrected chi connectivity index (χ0v) is 7.64. The fourth-order valence-corrected chi connectivity index (χ4v) is 2.42. The van der Waals surface area contributed by atoms with E-state index in [0.29, 0.717) is 5.69 Å². The molecule has 0 amide bonds. The molecule has 1 aromatic carbocycles. The third-order valence-corrected chi connectivity index (χ3v) is 3.21. The maximum atomic E-state index is 10.5. The Morgan fingerprint density at radius 3 is 3.00 bits per heavy atom. The van der Waals surface area contributed by atoms with Crippen LogP contribution in [0.15, 0.2) is 24.3 Å². The Balaban J connectivity index is 2.42. The Hall–Kier alpha value is -1.26. The molecule has 1 aliphatic heterocycles. The number of nitrogens with one attached hydrogen (secondary N) is 1. The molecule has 1 aliphatic rings. The fraction of sp³-hybridized carbons (Fsp3) is 0. The molecule has 0 saturated carbocycles. The predicted molar refractivity (Wildman–Crippen MR) is 45.3 cm³/mol. The van der Waals surface area contributed by atoms with E-state index in [4.69, 9.17) is 0 Å². The van der Waals surface area contributed by atoms with Gasteiger partial charge in [-0.25, -0.2) is 0 Å². The van der Waals surface area contributed by atoms with Gasteiger partial charge < -0.3 is 0 Å². The first-order chi connectivity index (χ1) is 5.79. The first-order valence-electron chi connectivity index (χ1n) is 3.25. The monoisotopic (exact) mass is 231 g/mol. The second-order valence-corrected chi connectivity index (χ2v) is 3.76. The second kappa shape index (κ2) is 2.65. The standard InChI is InChI=1S/C6H5N3O2Se/c10-9(11)8-6-4-2-1-3-5(6)7-12-8/h1-4,7H. The Labute approximate surface area is 75.1 Å². The van der Waals surface area contributed by atoms with Gasteiger partial charge >= 0.3 is 74.5 Å². The van der Waals surface area contributed by atoms with E-state index in [1.54, 1.807) is 12.1 Å². The van der Waals surface area contributed by atoms with Crippen molar-refractivity contribution >= 4 is 26.8 Å². The van der Waals surface area contributed by atoms with Crippen LogP contribution in [0.25, 0.3) is 0 Å². The van der Waals surface area contributed by atoms with E-state index >= 15 is 0 Å². The summed E-state index contributed by atoms with van der Waals surface area (Å²) in [5.41, 5.74) is 1.50. The molecule has 6 heteroatoms. The van der Waals surface area contributed by atoms with Crippen molar-refractivity contribution < 1.29 is 5.03 Å². The van der Waals surface area contributed by atoms with Gasteiger partial charge in [-0.2, -0.15) is 0 Å². The summed E-state index contributed by atoms with van der Waals surface area (Å²) >= 11 is -0.298. The summed E-state index contributed by atoms with van der Waals surface area (Å²) in [7, 11) is 0. The Bertz CT molecular complexity index is 330. The molecule has 1 N–H and O–H groups in total. The normalized spacial score (nSPS) is 13.8. The van der Waals surface area contributed by atoms with Crippen molar-refractivity contribution in [3.63, 3.8) is 0 Å². The summed E-state index contributed by atoms with van der Waals surface area (Å²) in [5, 5.41) is 10.1. The molecule has 0 bridgehead atoms. The minimum absolute atomic E-state index is 0.298. The third kappa shape index (κ3) is 1.01. The molecule has 0 radical (unpaired) electrons. The van der Waals surface area contributed by atoms with Crippen LogP contribution in [0.5, 0.6) is 0 Å². The van der Waals surface area contributed by atoms with Crippen LogP contribution in [0, 0.1) is 10.1 Å². The number of hydrogen-bond acceptors (Lipinski definition) is 3. The first-order valence-corrected chi connectivity index (χ1v) is 4.88. The quantitative estimate of drug-likeness (QED) is 0.437. The van der Waals surface area contributed by atoms with Crippen LogP contribution in [0.2, 0.25) is 0 Å². The van der Waals surface area contributed by atoms with E-state index in [-0.39, 0.29) is 15.4 Å². The third-order valence-electron chi connectivity index (χ3n) is 1.50. The molecule has 62 valence electrons. The summed E-state index contributed by atoms with van der Waals surface area (Å²) in [6.45, 7) is 0. The van der Waals surface area contributed by atoms with Crippen LogP contribution >= 0.6 is 0 Å². The van der Waals surface area contributed by atoms with Crippen molar-refractivity contribution in [3.05, 3.63) is 34.4 Å². The Kier molecular flexibility index (Phi) is 1.64. The minimum atomic E-state index is -0.390. The molecule has 0 spiro atoms. The van der Waals surface area contributed by atoms with E-state index in [1.165, 1.54) is 0 Å². The zero-order valence-electron chi connectivity index (χ0n) is 5.93. The van der Waals surface area contributed by atoms with E-state index in [9.17, 15) is 10.1 Å². The Morgan fingerprint density at radius 1 is 1.50 bits per heavy atom. The first kappa shape index (κ1) is 7.39. The molecular weight excluding hydrogens is 225 g/mol. The van der Waals surface area contributed by atoms with Gasteiger partial charge in [0.15, 0.2) is 0 Å². The molecule has 1 heterocycles. The summed E-state index contributed by atoms with van der Waals surface area (Å²) in [6, 6.07) is 7.21. The number of hydrazine groups is 1. The van der Waals surface area contributed by atoms with Crippen LogP contribution in [0.1, 0.15) is 0 Å². The van der Waals surface area contributed by atoms with Crippen molar-refractivity contribution in [1.82, 2.24) is 0 Å². The van der Waals surface area contributed by atoms with E-state index < -0.39 is 5.03 Å². The van der Waals surface area contributed by atoms with Gasteiger partial charge in [-0.05, 0) is 0 Å². The topological polar surface area (TPSA) is 58.4 Å². The summed E-state index contributed by atoms with van der Waals surface area (Å²) in [4.78, 5) is 10.5. The van der Waals surface area contributed by atoms with Gasteiger partial charge in [-0.3, -0.25) is 0 Å². The van der Waals surface area contributed by atoms with Crippen LogP contribution in [-0.4, -0.2) is 20.4 Å². The molecule has 0 unspecified atom stereocenters. The summed E-state index contributed by atoms with van der Waals surface area (Å²) in [5.74, 6) is 0. The van der Waals surface area contributed by atoms with E-state index in [0.717, 1.165) is 9.71 Å². The number of fused-ring (bicyclic) bond motifs is 1. The number of nitro groups is 1. The molecule has 12 heavy (non-hydrogen) atoms. The van der Waals surface area contributed by atoms with Crippen molar-refractivity contribution in [2.45, 2.75) is 0 Å². The van der Waals surface area contributed by atoms with Crippen LogP contribution in [-0.2, 0) is 0 Å². The molecule has 5 nitrogen and oxygen atoms in total. The van der Waals surface area contributed by atoms with Crippen molar-refractivity contribution in [3.8, 4) is 0 Å². The van der Waals surface area contributed by atoms with Crippen molar-refractivity contribution in [2.24, 2.45) is 0 Å². The number of hydrogen-bond donors (Lipinski definition) is 1. The SMILES string of the molecule is O=[N+]([O-])N1[Se]Nc2ccccc21. The van der Waals surface area contributed by atoms with Gasteiger partial charge in [0, 0.05) is 0 Å². The molecular formula is C6H5N3O2Se. The number of benzene rings is 1. The maximum absolute atomic E-state index is 10.5. The van der Waals surface area contributed by atoms with Crippen LogP contribution < -0.4 is 8.36 Å². The zero-order chi connectivity index (χ0) is 8.55. The van der Waals surface area contributed by atoms with Gasteiger partial charge in [0.2, 0.25) is 0 Å². The van der Waals surface area contributed by atoms with Crippen molar-refractivity contribution in [1.29, 1.82) is 0 Å². The van der Waals surface area contributed by atoms with Crippen LogP contribution in [0.3, 0.4) is 0 Å². The number of nitrogens with zero attached hydrogens (tertiary/aromatic N) is 2. The number of rotatable bonds is 1. The fourth-order valence-electron chi connectivity index (χ4n) is 0.990. The van der Waals surface area contributed by atoms with E-state index in [2.05, 4.69) is 4.33 Å². The van der Waals surface area contributed by atoms with Gasteiger partial charge in [-0.1, -0.05) is 0 Å². The van der Waals surface area contributed by atoms with Gasteiger partial charge in [0.1, 0.15) is 0 Å². The molecule has 2 rings (SSSR count). The average Bonchev–Trinajstić information content (AvgIpc) is 2.47. The van der Waals surface area contributed by atoms with Crippen molar-refractivity contribution in [2.75, 3.05) is 8.36 Å². The number of anilines is 2. The predicted octanol–water partition coefficient (Wildman–Crippen LogP) is 0.644. The average molecular weight is 230 g/mol. The van der Waals surface area contributed by atoms with Crippen LogP contribution in [0.4, 0.5) is 11.4 Å². The molecule has 0 atom stereocenters. The molecule has 1 aromatic rings. The molecule has 0 aromatic heterocycles. The van der Waals surface area contributed by atoms with E-state index in [1.807, 2.05) is 12.1 Å². The summed E-state index contributed by atoms with van der Waals surface area (Å²) in [6.07, 6.45) is 0. The second-order valence-electron chi connectivity index (χ2n) is 2.22. The molecule has 0 fully saturated rings. The van der Waals surface area contributed by atoms with Gasteiger partial charge in [-0.15, -0.1) is 0 Å². The van der Waals surface area contributed by atoms with Gasteiger partial charge in [0.05, 0.1) is 0 Å². The molecule has 0 aliphatic carbocycles. The number of para-hydroxylation sites is 2. The van der Waals surface area contributed by atoms with Gasteiger partial charge in [0.25, 0.3) is 0 Å². The summed E-state index contributed by atoms with van der Waals surface area (Å²) < 4.78 is 4.12.